The van der Waals surface area contributed by atoms with Gasteiger partial charge in [0.1, 0.15) is 0 Å². The van der Waals surface area contributed by atoms with Crippen molar-refractivity contribution in [2.24, 2.45) is 0 Å². The molecule has 2 aromatic carbocycles. The number of rotatable bonds is 4. The lowest BCUT2D eigenvalue weighted by Gasteiger charge is -2.28. The summed E-state index contributed by atoms with van der Waals surface area (Å²) in [5.74, 6) is 4.07. The quantitative estimate of drug-likeness (QED) is 0.483. The third-order valence-electron chi connectivity index (χ3n) is 5.07. The highest BCUT2D eigenvalue weighted by Gasteiger charge is 2.26. The van der Waals surface area contributed by atoms with Gasteiger partial charge in [-0.3, -0.25) is 0 Å². The molecule has 0 aromatic heterocycles. The van der Waals surface area contributed by atoms with Gasteiger partial charge in [0.05, 0.1) is 18.3 Å². The van der Waals surface area contributed by atoms with Gasteiger partial charge in [0, 0.05) is 5.56 Å². The lowest BCUT2D eigenvalue weighted by molar-refractivity contribution is 0.0420. The molecule has 1 saturated carbocycles. The van der Waals surface area contributed by atoms with E-state index in [0.717, 1.165) is 36.8 Å². The number of hydrogen-bond acceptors (Lipinski definition) is 1. The summed E-state index contributed by atoms with van der Waals surface area (Å²) in [6.45, 7) is 6.17. The van der Waals surface area contributed by atoms with E-state index in [1.54, 1.807) is 18.2 Å². The molecular weight excluding hydrogens is 342 g/mol. The van der Waals surface area contributed by atoms with E-state index in [1.165, 1.54) is 0 Å². The fourth-order valence-corrected chi connectivity index (χ4v) is 3.50. The standard InChI is InChI=1S/C24H24F2O/c1-3-16-27-21-13-10-19(11-14-21)22-15-12-20(23(25)24(22)26)9-8-18-6-4-17(2)5-7-18/h3-7,12,15,19,21H,1,10-11,13-14,16H2,2H3. The molecule has 140 valence electrons. The van der Waals surface area contributed by atoms with Crippen molar-refractivity contribution in [2.75, 3.05) is 6.61 Å². The van der Waals surface area contributed by atoms with E-state index in [4.69, 9.17) is 4.74 Å². The van der Waals surface area contributed by atoms with Crippen LogP contribution < -0.4 is 0 Å². The van der Waals surface area contributed by atoms with Gasteiger partial charge in [0.15, 0.2) is 11.6 Å². The molecule has 1 aliphatic carbocycles. The minimum atomic E-state index is -0.850. The molecule has 0 bridgehead atoms. The average Bonchev–Trinajstić information content (AvgIpc) is 2.69. The summed E-state index contributed by atoms with van der Waals surface area (Å²) in [4.78, 5) is 0. The van der Waals surface area contributed by atoms with Crippen LogP contribution in [0.5, 0.6) is 0 Å². The Kier molecular flexibility index (Phi) is 6.42. The highest BCUT2D eigenvalue weighted by atomic mass is 19.2. The van der Waals surface area contributed by atoms with Crippen LogP contribution in [0.4, 0.5) is 8.78 Å². The molecule has 0 radical (unpaired) electrons. The van der Waals surface area contributed by atoms with Crippen LogP contribution in [0.15, 0.2) is 49.1 Å². The van der Waals surface area contributed by atoms with Gasteiger partial charge in [-0.2, -0.15) is 0 Å². The first-order chi connectivity index (χ1) is 13.1. The Morgan fingerprint density at radius 3 is 2.37 bits per heavy atom. The molecule has 0 N–H and O–H groups in total. The maximum atomic E-state index is 14.6. The molecule has 0 atom stereocenters. The maximum absolute atomic E-state index is 14.6. The third-order valence-corrected chi connectivity index (χ3v) is 5.07. The third kappa shape index (κ3) is 4.84. The summed E-state index contributed by atoms with van der Waals surface area (Å²) in [6, 6.07) is 10.9. The van der Waals surface area contributed by atoms with Crippen molar-refractivity contribution >= 4 is 0 Å². The van der Waals surface area contributed by atoms with E-state index in [2.05, 4.69) is 18.4 Å². The molecule has 1 fully saturated rings. The van der Waals surface area contributed by atoms with Gasteiger partial charge in [0.2, 0.25) is 0 Å². The van der Waals surface area contributed by atoms with E-state index in [1.807, 2.05) is 31.2 Å². The highest BCUT2D eigenvalue weighted by Crippen LogP contribution is 2.36. The molecule has 0 unspecified atom stereocenters. The predicted octanol–water partition coefficient (Wildman–Crippen LogP) is 5.90. The SMILES string of the molecule is C=CCOC1CCC(c2ccc(C#Cc3ccc(C)cc3)c(F)c2F)CC1. The summed E-state index contributed by atoms with van der Waals surface area (Å²) >= 11 is 0. The van der Waals surface area contributed by atoms with Crippen molar-refractivity contribution in [3.63, 3.8) is 0 Å². The minimum absolute atomic E-state index is 0.0298. The second-order valence-electron chi connectivity index (χ2n) is 7.04. The molecule has 2 aromatic rings. The number of ether oxygens (including phenoxy) is 1. The maximum Gasteiger partial charge on any atom is 0.174 e. The minimum Gasteiger partial charge on any atom is -0.374 e. The fourth-order valence-electron chi connectivity index (χ4n) is 3.50. The first kappa shape index (κ1) is 19.3. The van der Waals surface area contributed by atoms with Crippen LogP contribution in [0.1, 0.15) is 53.9 Å². The average molecular weight is 366 g/mol. The molecule has 3 rings (SSSR count). The normalized spacial score (nSPS) is 19.2. The molecule has 0 saturated heterocycles. The van der Waals surface area contributed by atoms with Gasteiger partial charge in [-0.05, 0) is 62.3 Å². The Labute approximate surface area is 160 Å². The molecule has 1 aliphatic rings. The second-order valence-corrected chi connectivity index (χ2v) is 7.04. The first-order valence-corrected chi connectivity index (χ1v) is 9.37. The van der Waals surface area contributed by atoms with Crippen LogP contribution >= 0.6 is 0 Å². The first-order valence-electron chi connectivity index (χ1n) is 9.37. The Hall–Kier alpha value is -2.44. The molecule has 0 amide bonds. The van der Waals surface area contributed by atoms with Crippen LogP contribution in [0, 0.1) is 30.4 Å². The summed E-state index contributed by atoms with van der Waals surface area (Å²) < 4.78 is 34.8. The topological polar surface area (TPSA) is 9.23 Å². The van der Waals surface area contributed by atoms with E-state index >= 15 is 0 Å². The van der Waals surface area contributed by atoms with Crippen LogP contribution in [-0.2, 0) is 4.74 Å². The van der Waals surface area contributed by atoms with Crippen LogP contribution in [0.2, 0.25) is 0 Å². The van der Waals surface area contributed by atoms with Gasteiger partial charge in [-0.25, -0.2) is 8.78 Å². The zero-order chi connectivity index (χ0) is 19.2. The second kappa shape index (κ2) is 8.97. The largest absolute Gasteiger partial charge is 0.374 e. The van der Waals surface area contributed by atoms with Crippen molar-refractivity contribution in [1.29, 1.82) is 0 Å². The lowest BCUT2D eigenvalue weighted by atomic mass is 9.82. The van der Waals surface area contributed by atoms with Gasteiger partial charge in [0.25, 0.3) is 0 Å². The zero-order valence-corrected chi connectivity index (χ0v) is 15.6. The van der Waals surface area contributed by atoms with Gasteiger partial charge < -0.3 is 4.74 Å². The lowest BCUT2D eigenvalue weighted by Crippen LogP contribution is -2.21. The monoisotopic (exact) mass is 366 g/mol. The smallest absolute Gasteiger partial charge is 0.174 e. The van der Waals surface area contributed by atoms with Crippen molar-refractivity contribution in [3.8, 4) is 11.8 Å². The molecule has 27 heavy (non-hydrogen) atoms. The van der Waals surface area contributed by atoms with Crippen molar-refractivity contribution < 1.29 is 13.5 Å². The Morgan fingerprint density at radius 2 is 1.70 bits per heavy atom. The molecular formula is C24H24F2O. The number of aryl methyl sites for hydroxylation is 1. The van der Waals surface area contributed by atoms with E-state index in [-0.39, 0.29) is 17.6 Å². The molecule has 0 aliphatic heterocycles. The number of halogens is 2. The molecule has 0 heterocycles. The summed E-state index contributed by atoms with van der Waals surface area (Å²) in [5.41, 5.74) is 2.46. The summed E-state index contributed by atoms with van der Waals surface area (Å²) in [6.07, 6.45) is 5.23. The Bertz CT molecular complexity index is 850. The van der Waals surface area contributed by atoms with Crippen LogP contribution in [-0.4, -0.2) is 12.7 Å². The fraction of sp³-hybridized carbons (Fsp3) is 0.333. The van der Waals surface area contributed by atoms with E-state index < -0.39 is 11.6 Å². The van der Waals surface area contributed by atoms with Crippen molar-refractivity contribution in [1.82, 2.24) is 0 Å². The zero-order valence-electron chi connectivity index (χ0n) is 15.6. The number of hydrogen-bond donors (Lipinski definition) is 0. The van der Waals surface area contributed by atoms with Gasteiger partial charge >= 0.3 is 0 Å². The highest BCUT2D eigenvalue weighted by molar-refractivity contribution is 5.45. The van der Waals surface area contributed by atoms with Gasteiger partial charge in [-0.1, -0.05) is 41.7 Å². The Morgan fingerprint density at radius 1 is 1.00 bits per heavy atom. The number of benzene rings is 2. The molecule has 1 nitrogen and oxygen atoms in total. The van der Waals surface area contributed by atoms with Crippen molar-refractivity contribution in [3.05, 3.63) is 82.9 Å². The van der Waals surface area contributed by atoms with Gasteiger partial charge in [-0.15, -0.1) is 6.58 Å². The molecule has 3 heteroatoms. The predicted molar refractivity (Wildman–Crippen MR) is 105 cm³/mol. The van der Waals surface area contributed by atoms with E-state index in [9.17, 15) is 8.78 Å². The summed E-state index contributed by atoms with van der Waals surface area (Å²) in [7, 11) is 0. The van der Waals surface area contributed by atoms with E-state index in [0.29, 0.717) is 12.2 Å². The Balaban J connectivity index is 1.72. The van der Waals surface area contributed by atoms with Crippen molar-refractivity contribution in [2.45, 2.75) is 44.6 Å². The van der Waals surface area contributed by atoms with Crippen LogP contribution in [0.25, 0.3) is 0 Å². The molecule has 0 spiro atoms. The van der Waals surface area contributed by atoms with Crippen LogP contribution in [0.3, 0.4) is 0 Å². The summed E-state index contributed by atoms with van der Waals surface area (Å²) in [5, 5.41) is 0.